The Balaban J connectivity index is 2.15. The maximum absolute atomic E-state index is 3.99. The zero-order valence-electron chi connectivity index (χ0n) is 7.93. The van der Waals surface area contributed by atoms with E-state index in [1.807, 2.05) is 0 Å². The van der Waals surface area contributed by atoms with Crippen molar-refractivity contribution in [2.24, 2.45) is 11.3 Å². The number of hydrogen-bond donors (Lipinski definition) is 0. The second-order valence-corrected chi connectivity index (χ2v) is 4.39. The third-order valence-corrected chi connectivity index (χ3v) is 3.09. The highest BCUT2D eigenvalue weighted by Gasteiger charge is 2.52. The smallest absolute Gasteiger partial charge is 0.000651 e. The molecule has 0 aromatic rings. The monoisotopic (exact) mass is 160 g/mol. The average molecular weight is 160 g/mol. The molecule has 0 amide bonds. The first-order chi connectivity index (χ1) is 5.64. The standard InChI is InChI=1S/C12H16/c1-9(2)7-12-6-4-5-10(3)11(12)8-12/h4-6,11H,1,7-8H2,2-3H3. The van der Waals surface area contributed by atoms with Gasteiger partial charge in [-0.25, -0.2) is 0 Å². The minimum Gasteiger partial charge on any atom is -0.100 e. The Labute approximate surface area is 74.7 Å². The molecule has 0 spiro atoms. The normalized spacial score (nSPS) is 37.2. The molecule has 0 heteroatoms. The molecule has 1 fully saturated rings. The molecule has 0 nitrogen and oxygen atoms in total. The summed E-state index contributed by atoms with van der Waals surface area (Å²) < 4.78 is 0. The van der Waals surface area contributed by atoms with Crippen LogP contribution >= 0.6 is 0 Å². The van der Waals surface area contributed by atoms with E-state index in [-0.39, 0.29) is 0 Å². The first-order valence-electron chi connectivity index (χ1n) is 4.64. The first-order valence-corrected chi connectivity index (χ1v) is 4.64. The predicted octanol–water partition coefficient (Wildman–Crippen LogP) is 3.48. The number of allylic oxidation sites excluding steroid dienone is 5. The molecular formula is C12H16. The zero-order chi connectivity index (χ0) is 8.77. The SMILES string of the molecule is C=C(C)CC12C=CC=C(C)C1C2. The van der Waals surface area contributed by atoms with Crippen LogP contribution in [0.3, 0.4) is 0 Å². The van der Waals surface area contributed by atoms with E-state index in [4.69, 9.17) is 0 Å². The van der Waals surface area contributed by atoms with Gasteiger partial charge in [-0.3, -0.25) is 0 Å². The van der Waals surface area contributed by atoms with E-state index < -0.39 is 0 Å². The summed E-state index contributed by atoms with van der Waals surface area (Å²) in [6.45, 7) is 8.37. The van der Waals surface area contributed by atoms with Crippen LogP contribution < -0.4 is 0 Å². The van der Waals surface area contributed by atoms with Gasteiger partial charge in [-0.1, -0.05) is 29.4 Å². The maximum Gasteiger partial charge on any atom is -0.000651 e. The summed E-state index contributed by atoms with van der Waals surface area (Å²) in [5.74, 6) is 0.833. The van der Waals surface area contributed by atoms with Gasteiger partial charge in [0.05, 0.1) is 0 Å². The average Bonchev–Trinajstić information content (AvgIpc) is 2.62. The van der Waals surface area contributed by atoms with Crippen LogP contribution in [0.15, 0.2) is 36.0 Å². The fourth-order valence-corrected chi connectivity index (χ4v) is 2.44. The summed E-state index contributed by atoms with van der Waals surface area (Å²) in [6, 6.07) is 0. The molecule has 0 aliphatic heterocycles. The van der Waals surface area contributed by atoms with Gasteiger partial charge in [-0.2, -0.15) is 0 Å². The third-order valence-electron chi connectivity index (χ3n) is 3.09. The Bertz CT molecular complexity index is 280. The Morgan fingerprint density at radius 2 is 2.50 bits per heavy atom. The van der Waals surface area contributed by atoms with E-state index in [1.54, 1.807) is 5.57 Å². The molecule has 0 N–H and O–H groups in total. The second-order valence-electron chi connectivity index (χ2n) is 4.39. The molecule has 12 heavy (non-hydrogen) atoms. The molecule has 2 unspecified atom stereocenters. The summed E-state index contributed by atoms with van der Waals surface area (Å²) in [5.41, 5.74) is 3.36. The molecule has 2 rings (SSSR count). The third kappa shape index (κ3) is 1.06. The fraction of sp³-hybridized carbons (Fsp3) is 0.500. The lowest BCUT2D eigenvalue weighted by atomic mass is 9.89. The van der Waals surface area contributed by atoms with E-state index in [9.17, 15) is 0 Å². The van der Waals surface area contributed by atoms with E-state index in [0.717, 1.165) is 5.92 Å². The molecule has 1 saturated carbocycles. The molecule has 0 bridgehead atoms. The lowest BCUT2D eigenvalue weighted by Gasteiger charge is -2.15. The van der Waals surface area contributed by atoms with Crippen LogP contribution in [-0.4, -0.2) is 0 Å². The van der Waals surface area contributed by atoms with Crippen molar-refractivity contribution in [1.82, 2.24) is 0 Å². The molecule has 64 valence electrons. The number of rotatable bonds is 2. The van der Waals surface area contributed by atoms with Crippen LogP contribution in [0, 0.1) is 11.3 Å². The molecule has 2 aliphatic carbocycles. The van der Waals surface area contributed by atoms with Gasteiger partial charge in [0, 0.05) is 0 Å². The Kier molecular flexibility index (Phi) is 1.54. The minimum atomic E-state index is 0.491. The van der Waals surface area contributed by atoms with Crippen LogP contribution in [0.1, 0.15) is 26.7 Å². The van der Waals surface area contributed by atoms with Gasteiger partial charge < -0.3 is 0 Å². The van der Waals surface area contributed by atoms with Crippen LogP contribution in [0.25, 0.3) is 0 Å². The Hall–Kier alpha value is -0.780. The van der Waals surface area contributed by atoms with Crippen molar-refractivity contribution in [2.45, 2.75) is 26.7 Å². The highest BCUT2D eigenvalue weighted by atomic mass is 14.6. The van der Waals surface area contributed by atoms with Crippen molar-refractivity contribution in [3.8, 4) is 0 Å². The van der Waals surface area contributed by atoms with E-state index in [1.165, 1.54) is 18.4 Å². The lowest BCUT2D eigenvalue weighted by molar-refractivity contribution is 0.589. The van der Waals surface area contributed by atoms with Crippen molar-refractivity contribution in [3.63, 3.8) is 0 Å². The molecule has 2 aliphatic rings. The predicted molar refractivity (Wildman–Crippen MR) is 52.9 cm³/mol. The Morgan fingerprint density at radius 3 is 3.17 bits per heavy atom. The van der Waals surface area contributed by atoms with Gasteiger partial charge in [0.15, 0.2) is 0 Å². The lowest BCUT2D eigenvalue weighted by Crippen LogP contribution is -2.04. The van der Waals surface area contributed by atoms with Crippen LogP contribution in [0.4, 0.5) is 0 Å². The first kappa shape index (κ1) is 7.85. The zero-order valence-corrected chi connectivity index (χ0v) is 7.93. The maximum atomic E-state index is 3.99. The van der Waals surface area contributed by atoms with Crippen LogP contribution in [0.2, 0.25) is 0 Å². The summed E-state index contributed by atoms with van der Waals surface area (Å²) >= 11 is 0. The van der Waals surface area contributed by atoms with Crippen molar-refractivity contribution in [3.05, 3.63) is 36.0 Å². The molecular weight excluding hydrogens is 144 g/mol. The fourth-order valence-electron chi connectivity index (χ4n) is 2.44. The second kappa shape index (κ2) is 2.35. The summed E-state index contributed by atoms with van der Waals surface area (Å²) in [4.78, 5) is 0. The van der Waals surface area contributed by atoms with E-state index >= 15 is 0 Å². The van der Waals surface area contributed by atoms with Gasteiger partial charge >= 0.3 is 0 Å². The Morgan fingerprint density at radius 1 is 1.75 bits per heavy atom. The molecule has 2 atom stereocenters. The summed E-state index contributed by atoms with van der Waals surface area (Å²) in [5, 5.41) is 0. The summed E-state index contributed by atoms with van der Waals surface area (Å²) in [6.07, 6.45) is 9.35. The van der Waals surface area contributed by atoms with Crippen molar-refractivity contribution in [2.75, 3.05) is 0 Å². The van der Waals surface area contributed by atoms with Gasteiger partial charge in [0.25, 0.3) is 0 Å². The molecule has 0 saturated heterocycles. The van der Waals surface area contributed by atoms with Gasteiger partial charge in [-0.05, 0) is 38.0 Å². The quantitative estimate of drug-likeness (QED) is 0.542. The topological polar surface area (TPSA) is 0 Å². The highest BCUT2D eigenvalue weighted by Crippen LogP contribution is 2.62. The van der Waals surface area contributed by atoms with Crippen LogP contribution in [-0.2, 0) is 0 Å². The van der Waals surface area contributed by atoms with Crippen molar-refractivity contribution < 1.29 is 0 Å². The summed E-state index contributed by atoms with van der Waals surface area (Å²) in [7, 11) is 0. The van der Waals surface area contributed by atoms with Crippen LogP contribution in [0.5, 0.6) is 0 Å². The molecule has 0 aromatic carbocycles. The largest absolute Gasteiger partial charge is 0.100 e. The minimum absolute atomic E-state index is 0.491. The molecule has 0 aromatic heterocycles. The van der Waals surface area contributed by atoms with Gasteiger partial charge in [0.1, 0.15) is 0 Å². The molecule has 0 heterocycles. The van der Waals surface area contributed by atoms with Gasteiger partial charge in [0.2, 0.25) is 0 Å². The number of hydrogen-bond acceptors (Lipinski definition) is 0. The van der Waals surface area contributed by atoms with Gasteiger partial charge in [-0.15, -0.1) is 6.58 Å². The molecule has 0 radical (unpaired) electrons. The number of fused-ring (bicyclic) bond motifs is 1. The van der Waals surface area contributed by atoms with E-state index in [0.29, 0.717) is 5.41 Å². The highest BCUT2D eigenvalue weighted by molar-refractivity contribution is 5.36. The van der Waals surface area contributed by atoms with E-state index in [2.05, 4.69) is 38.7 Å². The van der Waals surface area contributed by atoms with Crippen molar-refractivity contribution in [1.29, 1.82) is 0 Å². The van der Waals surface area contributed by atoms with Crippen molar-refractivity contribution >= 4 is 0 Å².